The minimum absolute atomic E-state index is 0.0216. The van der Waals surface area contributed by atoms with Crippen LogP contribution in [0.1, 0.15) is 13.3 Å². The third kappa shape index (κ3) is 6.50. The van der Waals surface area contributed by atoms with Crippen molar-refractivity contribution in [2.24, 2.45) is 4.99 Å². The van der Waals surface area contributed by atoms with Crippen LogP contribution in [0.25, 0.3) is 0 Å². The van der Waals surface area contributed by atoms with E-state index in [1.54, 1.807) is 38.7 Å². The summed E-state index contributed by atoms with van der Waals surface area (Å²) < 4.78 is 10.8. The number of nitrogens with one attached hydrogen (secondary N) is 3. The molecule has 9 heteroatoms. The van der Waals surface area contributed by atoms with E-state index in [0.29, 0.717) is 18.2 Å². The highest BCUT2D eigenvalue weighted by atomic mass is 16.5. The first-order valence-corrected chi connectivity index (χ1v) is 10.3. The van der Waals surface area contributed by atoms with Gasteiger partial charge in [-0.3, -0.25) is 9.78 Å². The summed E-state index contributed by atoms with van der Waals surface area (Å²) in [6.07, 6.45) is 4.21. The molecule has 2 heterocycles. The first-order chi connectivity index (χ1) is 15.1. The fourth-order valence-corrected chi connectivity index (χ4v) is 3.39. The number of guanidine groups is 1. The van der Waals surface area contributed by atoms with E-state index in [1.165, 1.54) is 0 Å². The number of nitrogens with zero attached hydrogens (tertiary/aromatic N) is 3. The van der Waals surface area contributed by atoms with Crippen LogP contribution in [0, 0.1) is 0 Å². The van der Waals surface area contributed by atoms with Gasteiger partial charge in [0.15, 0.2) is 5.96 Å². The molecular weight excluding hydrogens is 396 g/mol. The molecule has 9 nitrogen and oxygen atoms in total. The van der Waals surface area contributed by atoms with Crippen LogP contribution in [-0.2, 0) is 4.79 Å². The summed E-state index contributed by atoms with van der Waals surface area (Å²) in [5.74, 6) is 1.96. The monoisotopic (exact) mass is 426 g/mol. The highest BCUT2D eigenvalue weighted by molar-refractivity contribution is 5.94. The van der Waals surface area contributed by atoms with Crippen molar-refractivity contribution in [2.75, 3.05) is 50.6 Å². The smallest absolute Gasteiger partial charge is 0.246 e. The van der Waals surface area contributed by atoms with Crippen molar-refractivity contribution in [3.05, 3.63) is 42.7 Å². The number of methoxy groups -OCH3 is 2. The van der Waals surface area contributed by atoms with E-state index in [0.717, 1.165) is 36.7 Å². The molecule has 1 aliphatic heterocycles. The Morgan fingerprint density at radius 1 is 1.26 bits per heavy atom. The molecule has 0 radical (unpaired) electrons. The molecule has 1 fully saturated rings. The number of carbonyl (C=O) groups is 1. The number of hydrogen-bond acceptors (Lipinski definition) is 6. The summed E-state index contributed by atoms with van der Waals surface area (Å²) in [5, 5.41) is 9.43. The maximum atomic E-state index is 12.2. The Morgan fingerprint density at radius 3 is 2.68 bits per heavy atom. The maximum Gasteiger partial charge on any atom is 0.246 e. The van der Waals surface area contributed by atoms with Crippen LogP contribution in [0.5, 0.6) is 11.5 Å². The zero-order valence-electron chi connectivity index (χ0n) is 18.2. The first-order valence-electron chi connectivity index (χ1n) is 10.3. The Bertz CT molecular complexity index is 868. The van der Waals surface area contributed by atoms with E-state index in [1.807, 2.05) is 25.1 Å². The van der Waals surface area contributed by atoms with Gasteiger partial charge in [-0.1, -0.05) is 0 Å². The van der Waals surface area contributed by atoms with Crippen molar-refractivity contribution in [1.82, 2.24) is 15.6 Å². The van der Waals surface area contributed by atoms with Gasteiger partial charge in [-0.2, -0.15) is 0 Å². The number of aromatic nitrogens is 1. The molecule has 2 aromatic rings. The number of carbonyl (C=O) groups excluding carboxylic acids is 1. The molecule has 3 rings (SSSR count). The van der Waals surface area contributed by atoms with Crippen molar-refractivity contribution < 1.29 is 14.3 Å². The third-order valence-corrected chi connectivity index (χ3v) is 4.90. The largest absolute Gasteiger partial charge is 0.497 e. The van der Waals surface area contributed by atoms with E-state index in [9.17, 15) is 4.79 Å². The zero-order chi connectivity index (χ0) is 22.1. The number of amides is 1. The molecule has 0 spiro atoms. The lowest BCUT2D eigenvalue weighted by atomic mass is 10.2. The highest BCUT2D eigenvalue weighted by Crippen LogP contribution is 2.30. The standard InChI is InChI=1S/C22H30N6O3/c1-4-24-22(25-14-21(29)26-16-6-5-8-23-13-16)27-17-7-9-28(15-17)18-10-19(30-2)12-20(11-18)31-3/h5-6,8,10-13,17H,4,7,9,14-15H2,1-3H3,(H,26,29)(H2,24,25,27). The predicted octanol–water partition coefficient (Wildman–Crippen LogP) is 1.87. The number of benzene rings is 1. The lowest BCUT2D eigenvalue weighted by Gasteiger charge is -2.21. The number of aliphatic imine (C=N–C) groups is 1. The number of hydrogen-bond donors (Lipinski definition) is 3. The zero-order valence-corrected chi connectivity index (χ0v) is 18.2. The fraction of sp³-hybridized carbons (Fsp3) is 0.409. The molecule has 1 aromatic carbocycles. The normalized spacial score (nSPS) is 16.0. The Morgan fingerprint density at radius 2 is 2.03 bits per heavy atom. The van der Waals surface area contributed by atoms with Crippen LogP contribution >= 0.6 is 0 Å². The second-order valence-electron chi connectivity index (χ2n) is 7.13. The van der Waals surface area contributed by atoms with Gasteiger partial charge in [-0.05, 0) is 25.5 Å². The minimum atomic E-state index is -0.193. The second kappa shape index (κ2) is 11.1. The molecule has 3 N–H and O–H groups in total. The Hall–Kier alpha value is -3.49. The molecule has 31 heavy (non-hydrogen) atoms. The second-order valence-corrected chi connectivity index (χ2v) is 7.13. The number of rotatable bonds is 8. The summed E-state index contributed by atoms with van der Waals surface area (Å²) in [6, 6.07) is 9.64. The lowest BCUT2D eigenvalue weighted by molar-refractivity contribution is -0.114. The molecular formula is C22H30N6O3. The molecule has 1 amide bonds. The van der Waals surface area contributed by atoms with Crippen LogP contribution in [0.3, 0.4) is 0 Å². The molecule has 1 atom stereocenters. The van der Waals surface area contributed by atoms with Crippen molar-refractivity contribution in [3.63, 3.8) is 0 Å². The van der Waals surface area contributed by atoms with E-state index >= 15 is 0 Å². The van der Waals surface area contributed by atoms with Gasteiger partial charge < -0.3 is 30.3 Å². The summed E-state index contributed by atoms with van der Waals surface area (Å²) in [4.78, 5) is 22.9. The van der Waals surface area contributed by atoms with Crippen LogP contribution in [0.4, 0.5) is 11.4 Å². The van der Waals surface area contributed by atoms with E-state index in [-0.39, 0.29) is 18.5 Å². The average Bonchev–Trinajstić information content (AvgIpc) is 3.26. The summed E-state index contributed by atoms with van der Waals surface area (Å²) >= 11 is 0. The van der Waals surface area contributed by atoms with Gasteiger partial charge >= 0.3 is 0 Å². The number of pyridine rings is 1. The molecule has 166 valence electrons. The first kappa shape index (κ1) is 22.2. The molecule has 1 saturated heterocycles. The van der Waals surface area contributed by atoms with Crippen LogP contribution in [0.2, 0.25) is 0 Å². The number of anilines is 2. The minimum Gasteiger partial charge on any atom is -0.497 e. The van der Waals surface area contributed by atoms with E-state index in [2.05, 4.69) is 30.8 Å². The van der Waals surface area contributed by atoms with E-state index < -0.39 is 0 Å². The molecule has 1 unspecified atom stereocenters. The topological polar surface area (TPSA) is 100 Å². The van der Waals surface area contributed by atoms with Gasteiger partial charge in [0.05, 0.1) is 26.1 Å². The maximum absolute atomic E-state index is 12.2. The fourth-order valence-electron chi connectivity index (χ4n) is 3.39. The summed E-state index contributed by atoms with van der Waals surface area (Å²) in [5.41, 5.74) is 1.71. The molecule has 0 aliphatic carbocycles. The highest BCUT2D eigenvalue weighted by Gasteiger charge is 2.24. The Balaban J connectivity index is 1.58. The van der Waals surface area contributed by atoms with Crippen molar-refractivity contribution >= 4 is 23.2 Å². The average molecular weight is 427 g/mol. The number of ether oxygens (including phenoxy) is 2. The van der Waals surface area contributed by atoms with Gasteiger partial charge in [0.1, 0.15) is 18.0 Å². The van der Waals surface area contributed by atoms with Crippen molar-refractivity contribution in [3.8, 4) is 11.5 Å². The van der Waals surface area contributed by atoms with Crippen LogP contribution < -0.4 is 30.3 Å². The molecule has 1 aliphatic rings. The van der Waals surface area contributed by atoms with Crippen molar-refractivity contribution in [2.45, 2.75) is 19.4 Å². The molecule has 1 aromatic heterocycles. The van der Waals surface area contributed by atoms with Crippen molar-refractivity contribution in [1.29, 1.82) is 0 Å². The summed E-state index contributed by atoms with van der Waals surface area (Å²) in [7, 11) is 3.30. The molecule has 0 saturated carbocycles. The van der Waals surface area contributed by atoms with E-state index in [4.69, 9.17) is 9.47 Å². The Labute approximate surface area is 182 Å². The SMILES string of the molecule is CCNC(=NCC(=O)Nc1cccnc1)NC1CCN(c2cc(OC)cc(OC)c2)C1. The van der Waals surface area contributed by atoms with Gasteiger partial charge in [-0.25, -0.2) is 4.99 Å². The van der Waals surface area contributed by atoms with Gasteiger partial charge in [-0.15, -0.1) is 0 Å². The lowest BCUT2D eigenvalue weighted by Crippen LogP contribution is -2.45. The Kier molecular flexibility index (Phi) is 7.91. The predicted molar refractivity (Wildman–Crippen MR) is 122 cm³/mol. The van der Waals surface area contributed by atoms with Crippen LogP contribution in [-0.4, -0.2) is 63.3 Å². The molecule has 0 bridgehead atoms. The third-order valence-electron chi connectivity index (χ3n) is 4.90. The van der Waals surface area contributed by atoms with Gasteiger partial charge in [0, 0.05) is 55.8 Å². The summed E-state index contributed by atoms with van der Waals surface area (Å²) in [6.45, 7) is 4.43. The van der Waals surface area contributed by atoms with Gasteiger partial charge in [0.2, 0.25) is 5.91 Å². The quantitative estimate of drug-likeness (QED) is 0.438. The van der Waals surface area contributed by atoms with Gasteiger partial charge in [0.25, 0.3) is 0 Å². The van der Waals surface area contributed by atoms with Crippen LogP contribution in [0.15, 0.2) is 47.7 Å².